The van der Waals surface area contributed by atoms with E-state index in [4.69, 9.17) is 9.84 Å². The predicted molar refractivity (Wildman–Crippen MR) is 105 cm³/mol. The third kappa shape index (κ3) is 10.9. The number of carbonyl (C=O) groups is 2. The second-order valence-electron chi connectivity index (χ2n) is 7.92. The second kappa shape index (κ2) is 11.7. The highest BCUT2D eigenvalue weighted by Gasteiger charge is 2.17. The molecule has 0 aliphatic heterocycles. The molecule has 0 atom stereocenters. The Balaban J connectivity index is 2.11. The van der Waals surface area contributed by atoms with E-state index in [0.717, 1.165) is 32.1 Å². The fraction of sp³-hybridized carbons (Fsp3) is 0.636. The highest BCUT2D eigenvalue weighted by atomic mass is 16.6. The van der Waals surface area contributed by atoms with Gasteiger partial charge in [0.2, 0.25) is 0 Å². The molecular formula is C22H34O4. The number of unbranched alkanes of at least 4 members (excludes halogenated alkanes) is 7. The fourth-order valence-electron chi connectivity index (χ4n) is 2.81. The lowest BCUT2D eigenvalue weighted by atomic mass is 10.0. The summed E-state index contributed by atoms with van der Waals surface area (Å²) in [5, 5.41) is 8.57. The largest absolute Gasteiger partial charge is 0.481 e. The number of esters is 1. The topological polar surface area (TPSA) is 63.6 Å². The molecule has 0 fully saturated rings. The molecule has 0 saturated carbocycles. The summed E-state index contributed by atoms with van der Waals surface area (Å²) in [5.41, 5.74) is 1.39. The van der Waals surface area contributed by atoms with Crippen LogP contribution < -0.4 is 0 Å². The first-order chi connectivity index (χ1) is 12.3. The Bertz CT molecular complexity index is 540. The van der Waals surface area contributed by atoms with Crippen LogP contribution in [0.2, 0.25) is 0 Å². The Morgan fingerprint density at radius 1 is 0.846 bits per heavy atom. The van der Waals surface area contributed by atoms with Gasteiger partial charge in [-0.15, -0.1) is 0 Å². The van der Waals surface area contributed by atoms with Crippen LogP contribution in [0.4, 0.5) is 0 Å². The van der Waals surface area contributed by atoms with E-state index < -0.39 is 11.6 Å². The van der Waals surface area contributed by atoms with Crippen molar-refractivity contribution >= 4 is 11.9 Å². The van der Waals surface area contributed by atoms with Crippen molar-refractivity contribution in [1.29, 1.82) is 0 Å². The summed E-state index contributed by atoms with van der Waals surface area (Å²) in [6.45, 7) is 5.61. The Kier molecular flexibility index (Phi) is 10.0. The maximum absolute atomic E-state index is 12.0. The van der Waals surface area contributed by atoms with Crippen LogP contribution in [-0.2, 0) is 16.0 Å². The molecule has 0 saturated heterocycles. The van der Waals surface area contributed by atoms with Gasteiger partial charge in [-0.3, -0.25) is 4.79 Å². The predicted octanol–water partition coefficient (Wildman–Crippen LogP) is 5.78. The van der Waals surface area contributed by atoms with Gasteiger partial charge in [0.15, 0.2) is 0 Å². The minimum absolute atomic E-state index is 0.271. The van der Waals surface area contributed by atoms with Crippen LogP contribution in [0.1, 0.15) is 94.5 Å². The van der Waals surface area contributed by atoms with E-state index in [0.29, 0.717) is 12.0 Å². The van der Waals surface area contributed by atoms with Crippen molar-refractivity contribution in [2.45, 2.75) is 90.6 Å². The summed E-state index contributed by atoms with van der Waals surface area (Å²) < 4.78 is 5.37. The van der Waals surface area contributed by atoms with Gasteiger partial charge in [-0.1, -0.05) is 50.7 Å². The first-order valence-corrected chi connectivity index (χ1v) is 9.82. The first kappa shape index (κ1) is 22.2. The Morgan fingerprint density at radius 3 is 1.85 bits per heavy atom. The van der Waals surface area contributed by atoms with Crippen LogP contribution in [0, 0.1) is 0 Å². The number of benzene rings is 1. The third-order valence-electron chi connectivity index (χ3n) is 4.19. The lowest BCUT2D eigenvalue weighted by Gasteiger charge is -2.19. The highest BCUT2D eigenvalue weighted by molar-refractivity contribution is 5.89. The standard InChI is InChI=1S/C22H34O4/c1-22(2,3)26-21(25)19-16-14-18(15-17-19)12-10-8-6-4-5-7-9-11-13-20(23)24/h14-17H,4-13H2,1-3H3,(H,23,24). The minimum Gasteiger partial charge on any atom is -0.481 e. The molecule has 1 aromatic rings. The maximum atomic E-state index is 12.0. The summed E-state index contributed by atoms with van der Waals surface area (Å²) in [6, 6.07) is 7.73. The van der Waals surface area contributed by atoms with Crippen molar-refractivity contribution in [2.24, 2.45) is 0 Å². The van der Waals surface area contributed by atoms with Crippen LogP contribution in [0.25, 0.3) is 0 Å². The number of rotatable bonds is 12. The van der Waals surface area contributed by atoms with Crippen molar-refractivity contribution < 1.29 is 19.4 Å². The monoisotopic (exact) mass is 362 g/mol. The molecule has 1 rings (SSSR count). The molecule has 0 heterocycles. The van der Waals surface area contributed by atoms with Crippen molar-refractivity contribution in [3.05, 3.63) is 35.4 Å². The number of hydrogen-bond donors (Lipinski definition) is 1. The average Bonchev–Trinajstić information content (AvgIpc) is 2.55. The summed E-state index contributed by atoms with van der Waals surface area (Å²) in [7, 11) is 0. The molecule has 0 aliphatic carbocycles. The zero-order chi connectivity index (χ0) is 19.4. The number of ether oxygens (including phenoxy) is 1. The second-order valence-corrected chi connectivity index (χ2v) is 7.92. The SMILES string of the molecule is CC(C)(C)OC(=O)c1ccc(CCCCCCCCCCC(=O)O)cc1. The maximum Gasteiger partial charge on any atom is 0.338 e. The molecule has 0 aliphatic rings. The third-order valence-corrected chi connectivity index (χ3v) is 4.19. The quantitative estimate of drug-likeness (QED) is 0.378. The number of aliphatic carboxylic acids is 1. The Morgan fingerprint density at radius 2 is 1.35 bits per heavy atom. The average molecular weight is 363 g/mol. The molecule has 0 spiro atoms. The van der Waals surface area contributed by atoms with Gasteiger partial charge in [-0.2, -0.15) is 0 Å². The number of carboxylic acids is 1. The molecule has 0 aromatic heterocycles. The van der Waals surface area contributed by atoms with E-state index in [1.165, 1.54) is 31.2 Å². The normalized spacial score (nSPS) is 11.3. The summed E-state index contributed by atoms with van der Waals surface area (Å²) in [5.74, 6) is -0.962. The molecule has 0 bridgehead atoms. The van der Waals surface area contributed by atoms with Crippen LogP contribution in [0.3, 0.4) is 0 Å². The van der Waals surface area contributed by atoms with Gasteiger partial charge in [-0.25, -0.2) is 4.79 Å². The van der Waals surface area contributed by atoms with E-state index >= 15 is 0 Å². The summed E-state index contributed by atoms with van der Waals surface area (Å²) in [4.78, 5) is 22.4. The molecular weight excluding hydrogens is 328 g/mol. The molecule has 26 heavy (non-hydrogen) atoms. The minimum atomic E-state index is -0.691. The molecule has 1 N–H and O–H groups in total. The van der Waals surface area contributed by atoms with Crippen LogP contribution in [-0.4, -0.2) is 22.6 Å². The molecule has 0 unspecified atom stereocenters. The van der Waals surface area contributed by atoms with Gasteiger partial charge in [-0.05, 0) is 57.7 Å². The summed E-state index contributed by atoms with van der Waals surface area (Å²) in [6.07, 6.45) is 10.3. The molecule has 1 aromatic carbocycles. The Labute approximate surface area is 158 Å². The van der Waals surface area contributed by atoms with Gasteiger partial charge >= 0.3 is 11.9 Å². The van der Waals surface area contributed by atoms with Crippen LogP contribution in [0.15, 0.2) is 24.3 Å². The van der Waals surface area contributed by atoms with E-state index in [1.807, 2.05) is 45.0 Å². The van der Waals surface area contributed by atoms with Gasteiger partial charge < -0.3 is 9.84 Å². The molecule has 4 heteroatoms. The number of carbonyl (C=O) groups excluding carboxylic acids is 1. The fourth-order valence-corrected chi connectivity index (χ4v) is 2.81. The first-order valence-electron chi connectivity index (χ1n) is 9.82. The van der Waals surface area contributed by atoms with E-state index in [9.17, 15) is 9.59 Å². The number of carboxylic acid groups (broad SMARTS) is 1. The van der Waals surface area contributed by atoms with Crippen molar-refractivity contribution in [2.75, 3.05) is 0 Å². The zero-order valence-corrected chi connectivity index (χ0v) is 16.6. The summed E-state index contributed by atoms with van der Waals surface area (Å²) >= 11 is 0. The van der Waals surface area contributed by atoms with Crippen molar-refractivity contribution in [3.63, 3.8) is 0 Å². The highest BCUT2D eigenvalue weighted by Crippen LogP contribution is 2.15. The van der Waals surface area contributed by atoms with Gasteiger partial charge in [0.05, 0.1) is 5.56 Å². The van der Waals surface area contributed by atoms with E-state index in [1.54, 1.807) is 0 Å². The van der Waals surface area contributed by atoms with Gasteiger partial charge in [0.25, 0.3) is 0 Å². The van der Waals surface area contributed by atoms with E-state index in [-0.39, 0.29) is 5.97 Å². The smallest absolute Gasteiger partial charge is 0.338 e. The molecule has 0 radical (unpaired) electrons. The lowest BCUT2D eigenvalue weighted by molar-refractivity contribution is -0.137. The zero-order valence-electron chi connectivity index (χ0n) is 16.6. The molecule has 4 nitrogen and oxygen atoms in total. The van der Waals surface area contributed by atoms with Crippen molar-refractivity contribution in [3.8, 4) is 0 Å². The Hall–Kier alpha value is -1.84. The van der Waals surface area contributed by atoms with Gasteiger partial charge in [0.1, 0.15) is 5.60 Å². The van der Waals surface area contributed by atoms with Gasteiger partial charge in [0, 0.05) is 6.42 Å². The van der Waals surface area contributed by atoms with Crippen molar-refractivity contribution in [1.82, 2.24) is 0 Å². The lowest BCUT2D eigenvalue weighted by Crippen LogP contribution is -2.23. The molecule has 0 amide bonds. The molecule has 146 valence electrons. The number of hydrogen-bond acceptors (Lipinski definition) is 3. The van der Waals surface area contributed by atoms with E-state index in [2.05, 4.69) is 0 Å². The number of aryl methyl sites for hydroxylation is 1. The van der Waals surface area contributed by atoms with Crippen LogP contribution in [0.5, 0.6) is 0 Å². The van der Waals surface area contributed by atoms with Crippen LogP contribution >= 0.6 is 0 Å².